The molecule has 0 aliphatic carbocycles. The molecule has 0 amide bonds. The van der Waals surface area contributed by atoms with E-state index in [1.807, 2.05) is 18.2 Å². The zero-order valence-electron chi connectivity index (χ0n) is 20.0. The normalized spacial score (nSPS) is 15.1. The lowest BCUT2D eigenvalue weighted by Gasteiger charge is -2.25. The van der Waals surface area contributed by atoms with Gasteiger partial charge in [-0.1, -0.05) is 65.9 Å². The van der Waals surface area contributed by atoms with Crippen LogP contribution in [0.4, 0.5) is 10.1 Å². The van der Waals surface area contributed by atoms with E-state index in [0.29, 0.717) is 27.2 Å². The molecule has 0 radical (unpaired) electrons. The molecule has 1 aliphatic rings. The molecule has 3 aromatic carbocycles. The van der Waals surface area contributed by atoms with E-state index in [-0.39, 0.29) is 22.4 Å². The van der Waals surface area contributed by atoms with Crippen molar-refractivity contribution in [3.05, 3.63) is 137 Å². The summed E-state index contributed by atoms with van der Waals surface area (Å²) in [6.07, 6.45) is 1.55. The number of hydrogen-bond acceptors (Lipinski definition) is 7. The first-order chi connectivity index (χ1) is 18.4. The summed E-state index contributed by atoms with van der Waals surface area (Å²) in [5, 5.41) is 11.2. The lowest BCUT2D eigenvalue weighted by molar-refractivity contribution is -0.384. The predicted molar refractivity (Wildman–Crippen MR) is 141 cm³/mol. The molecule has 38 heavy (non-hydrogen) atoms. The van der Waals surface area contributed by atoms with Crippen molar-refractivity contribution in [1.82, 2.24) is 4.57 Å². The average molecular weight is 530 g/mol. The molecule has 8 nitrogen and oxygen atoms in total. The summed E-state index contributed by atoms with van der Waals surface area (Å²) in [7, 11) is 0. The molecule has 1 atom stereocenters. The Balaban J connectivity index is 1.81. The molecule has 10 heteroatoms. The molecule has 2 heterocycles. The van der Waals surface area contributed by atoms with Gasteiger partial charge in [-0.2, -0.15) is 0 Å². The summed E-state index contributed by atoms with van der Waals surface area (Å²) in [5.74, 6) is -1.10. The van der Waals surface area contributed by atoms with Gasteiger partial charge in [-0.3, -0.25) is 19.5 Å². The highest BCUT2D eigenvalue weighted by molar-refractivity contribution is 7.07. The molecule has 0 fully saturated rings. The number of rotatable bonds is 6. The second kappa shape index (κ2) is 10.3. The maximum Gasteiger partial charge on any atom is 0.338 e. The molecule has 0 N–H and O–H groups in total. The summed E-state index contributed by atoms with van der Waals surface area (Å²) in [4.78, 5) is 42.9. The van der Waals surface area contributed by atoms with Gasteiger partial charge in [-0.05, 0) is 36.3 Å². The molecule has 5 rings (SSSR count). The van der Waals surface area contributed by atoms with E-state index < -0.39 is 28.3 Å². The summed E-state index contributed by atoms with van der Waals surface area (Å²) < 4.78 is 20.9. The second-order valence-electron chi connectivity index (χ2n) is 8.34. The van der Waals surface area contributed by atoms with E-state index in [2.05, 4.69) is 0 Å². The van der Waals surface area contributed by atoms with E-state index in [1.165, 1.54) is 47.0 Å². The molecule has 1 aliphatic heterocycles. The number of ether oxygens (including phenoxy) is 1. The average Bonchev–Trinajstić information content (AvgIpc) is 3.23. The van der Waals surface area contributed by atoms with Crippen molar-refractivity contribution in [3.63, 3.8) is 0 Å². The van der Waals surface area contributed by atoms with Crippen LogP contribution in [0, 0.1) is 15.9 Å². The Bertz CT molecular complexity index is 1760. The van der Waals surface area contributed by atoms with Gasteiger partial charge in [0.05, 0.1) is 33.4 Å². The van der Waals surface area contributed by atoms with Crippen LogP contribution in [-0.2, 0) is 9.53 Å². The first kappa shape index (κ1) is 25.0. The Morgan fingerprint density at radius 2 is 1.87 bits per heavy atom. The first-order valence-electron chi connectivity index (χ1n) is 11.7. The smallest absolute Gasteiger partial charge is 0.338 e. The summed E-state index contributed by atoms with van der Waals surface area (Å²) in [6.45, 7) is 1.79. The van der Waals surface area contributed by atoms with Gasteiger partial charge in [0.2, 0.25) is 0 Å². The van der Waals surface area contributed by atoms with Crippen LogP contribution in [0.3, 0.4) is 0 Å². The fraction of sp³-hybridized carbons (Fsp3) is 0.107. The van der Waals surface area contributed by atoms with Crippen molar-refractivity contribution in [1.29, 1.82) is 0 Å². The van der Waals surface area contributed by atoms with E-state index in [1.54, 1.807) is 31.2 Å². The quantitative estimate of drug-likeness (QED) is 0.214. The number of carbonyl (C=O) groups excluding carboxylic acids is 1. The van der Waals surface area contributed by atoms with Gasteiger partial charge in [0.1, 0.15) is 5.82 Å². The molecular formula is C28H20FN3O5S. The largest absolute Gasteiger partial charge is 0.463 e. The number of halogens is 1. The van der Waals surface area contributed by atoms with Crippen molar-refractivity contribution in [3.8, 4) is 0 Å². The number of carbonyl (C=O) groups is 1. The van der Waals surface area contributed by atoms with Crippen LogP contribution < -0.4 is 14.9 Å². The lowest BCUT2D eigenvalue weighted by Crippen LogP contribution is -2.40. The molecule has 0 saturated carbocycles. The van der Waals surface area contributed by atoms with Crippen LogP contribution in [-0.4, -0.2) is 22.1 Å². The molecule has 0 unspecified atom stereocenters. The predicted octanol–water partition coefficient (Wildman–Crippen LogP) is 3.98. The maximum absolute atomic E-state index is 13.8. The van der Waals surface area contributed by atoms with Crippen molar-refractivity contribution < 1.29 is 18.8 Å². The number of thiazole rings is 1. The first-order valence-corrected chi connectivity index (χ1v) is 12.5. The van der Waals surface area contributed by atoms with Crippen LogP contribution >= 0.6 is 11.3 Å². The Morgan fingerprint density at radius 1 is 1.13 bits per heavy atom. The zero-order valence-corrected chi connectivity index (χ0v) is 20.9. The minimum atomic E-state index is -0.937. The monoisotopic (exact) mass is 529 g/mol. The third kappa shape index (κ3) is 4.69. The number of aromatic nitrogens is 1. The highest BCUT2D eigenvalue weighted by atomic mass is 32.1. The van der Waals surface area contributed by atoms with Crippen LogP contribution in [0.15, 0.2) is 94.2 Å². The Morgan fingerprint density at radius 3 is 2.55 bits per heavy atom. The van der Waals surface area contributed by atoms with Gasteiger partial charge < -0.3 is 4.74 Å². The molecule has 0 bridgehead atoms. The van der Waals surface area contributed by atoms with Crippen LogP contribution in [0.1, 0.15) is 29.7 Å². The fourth-order valence-electron chi connectivity index (χ4n) is 4.28. The Kier molecular flexibility index (Phi) is 6.80. The third-order valence-electron chi connectivity index (χ3n) is 5.94. The van der Waals surface area contributed by atoms with Crippen molar-refractivity contribution in [2.75, 3.05) is 6.61 Å². The van der Waals surface area contributed by atoms with Crippen LogP contribution in [0.25, 0.3) is 11.8 Å². The van der Waals surface area contributed by atoms with Gasteiger partial charge in [-0.15, -0.1) is 0 Å². The number of esters is 1. The molecule has 1 aromatic heterocycles. The van der Waals surface area contributed by atoms with Crippen molar-refractivity contribution in [2.24, 2.45) is 4.99 Å². The molecule has 0 spiro atoms. The van der Waals surface area contributed by atoms with Gasteiger partial charge in [0.15, 0.2) is 4.80 Å². The standard InChI is InChI=1S/C28H20FN3O5S/c1-2-37-27(34)23-24(18-8-4-3-5-9-18)30-28-31(25(23)19-11-13-20(29)14-12-19)26(33)22(38-28)16-17-7-6-10-21(15-17)32(35)36/h3-16,25H,2H2,1H3/b22-16-/t25-/m1/s1. The van der Waals surface area contributed by atoms with E-state index in [4.69, 9.17) is 9.73 Å². The van der Waals surface area contributed by atoms with Crippen LogP contribution in [0.2, 0.25) is 0 Å². The number of benzene rings is 3. The molecule has 4 aromatic rings. The molecule has 0 saturated heterocycles. The fourth-order valence-corrected chi connectivity index (χ4v) is 5.28. The lowest BCUT2D eigenvalue weighted by atomic mass is 9.93. The third-order valence-corrected chi connectivity index (χ3v) is 6.92. The number of non-ortho nitro benzene ring substituents is 1. The maximum atomic E-state index is 13.8. The Labute approximate surface area is 219 Å². The number of hydrogen-bond donors (Lipinski definition) is 0. The summed E-state index contributed by atoms with van der Waals surface area (Å²) in [5.41, 5.74) is 1.58. The number of fused-ring (bicyclic) bond motifs is 1. The van der Waals surface area contributed by atoms with Gasteiger partial charge in [-0.25, -0.2) is 14.2 Å². The second-order valence-corrected chi connectivity index (χ2v) is 9.34. The minimum absolute atomic E-state index is 0.105. The van der Waals surface area contributed by atoms with Gasteiger partial charge in [0, 0.05) is 17.7 Å². The van der Waals surface area contributed by atoms with Crippen LogP contribution in [0.5, 0.6) is 0 Å². The van der Waals surface area contributed by atoms with Crippen molar-refractivity contribution in [2.45, 2.75) is 13.0 Å². The number of nitro groups is 1. The summed E-state index contributed by atoms with van der Waals surface area (Å²) >= 11 is 1.10. The van der Waals surface area contributed by atoms with Crippen molar-refractivity contribution >= 4 is 34.8 Å². The van der Waals surface area contributed by atoms with E-state index in [9.17, 15) is 24.1 Å². The highest BCUT2D eigenvalue weighted by Gasteiger charge is 2.35. The summed E-state index contributed by atoms with van der Waals surface area (Å²) in [6, 6.07) is 19.6. The van der Waals surface area contributed by atoms with Gasteiger partial charge >= 0.3 is 5.97 Å². The number of nitrogens with zero attached hydrogens (tertiary/aromatic N) is 3. The van der Waals surface area contributed by atoms with E-state index in [0.717, 1.165) is 11.3 Å². The van der Waals surface area contributed by atoms with Gasteiger partial charge in [0.25, 0.3) is 11.2 Å². The van der Waals surface area contributed by atoms with E-state index >= 15 is 0 Å². The number of nitro benzene ring substituents is 1. The SMILES string of the molecule is CCOC(=O)C1=C(c2ccccc2)N=c2s/c(=C\c3cccc([N+](=O)[O-])c3)c(=O)n2[C@@H]1c1ccc(F)cc1. The minimum Gasteiger partial charge on any atom is -0.463 e. The highest BCUT2D eigenvalue weighted by Crippen LogP contribution is 2.35. The Hall–Kier alpha value is -4.70. The molecule has 190 valence electrons. The molecular weight excluding hydrogens is 509 g/mol. The topological polar surface area (TPSA) is 104 Å². The zero-order chi connectivity index (χ0) is 26.8.